The quantitative estimate of drug-likeness (QED) is 0.663. The van der Waals surface area contributed by atoms with E-state index in [-0.39, 0.29) is 18.1 Å². The zero-order chi connectivity index (χ0) is 11.9. The lowest BCUT2D eigenvalue weighted by Crippen LogP contribution is -2.38. The molecule has 1 fully saturated rings. The summed E-state index contributed by atoms with van der Waals surface area (Å²) in [6, 6.07) is 0. The summed E-state index contributed by atoms with van der Waals surface area (Å²) in [5.74, 6) is 0.251. The van der Waals surface area contributed by atoms with Crippen LogP contribution in [0.5, 0.6) is 0 Å². The zero-order valence-electron chi connectivity index (χ0n) is 8.42. The number of rotatable bonds is 2. The smallest absolute Gasteiger partial charge is 0.193 e. The monoisotopic (exact) mass is 240 g/mol. The van der Waals surface area contributed by atoms with Gasteiger partial charge in [-0.2, -0.15) is 0 Å². The van der Waals surface area contributed by atoms with Crippen molar-refractivity contribution in [3.05, 3.63) is 23.9 Å². The SMILES string of the molecule is OC1C(c2cnno2)OCC1(O)c1cnno1. The van der Waals surface area contributed by atoms with E-state index in [2.05, 4.69) is 20.7 Å². The maximum atomic E-state index is 10.3. The Morgan fingerprint density at radius 1 is 1.24 bits per heavy atom. The van der Waals surface area contributed by atoms with Crippen LogP contribution in [-0.4, -0.2) is 43.7 Å². The third-order valence-corrected chi connectivity index (χ3v) is 2.71. The molecule has 9 nitrogen and oxygen atoms in total. The van der Waals surface area contributed by atoms with E-state index in [1.165, 1.54) is 12.4 Å². The fraction of sp³-hybridized carbons (Fsp3) is 0.500. The lowest BCUT2D eigenvalue weighted by molar-refractivity contribution is -0.0731. The normalized spacial score (nSPS) is 33.1. The summed E-state index contributed by atoms with van der Waals surface area (Å²) in [4.78, 5) is 0. The highest BCUT2D eigenvalue weighted by atomic mass is 16.6. The van der Waals surface area contributed by atoms with Crippen LogP contribution in [-0.2, 0) is 10.3 Å². The van der Waals surface area contributed by atoms with Crippen LogP contribution in [0.4, 0.5) is 0 Å². The summed E-state index contributed by atoms with van der Waals surface area (Å²) in [7, 11) is 0. The van der Waals surface area contributed by atoms with Crippen molar-refractivity contribution in [3.63, 3.8) is 0 Å². The maximum Gasteiger partial charge on any atom is 0.193 e. The Hall–Kier alpha value is -1.84. The third kappa shape index (κ3) is 1.44. The number of aliphatic hydroxyl groups excluding tert-OH is 1. The van der Waals surface area contributed by atoms with Crippen molar-refractivity contribution in [2.24, 2.45) is 0 Å². The van der Waals surface area contributed by atoms with E-state index in [0.717, 1.165) is 0 Å². The van der Waals surface area contributed by atoms with Crippen LogP contribution in [0.1, 0.15) is 17.6 Å². The van der Waals surface area contributed by atoms with Gasteiger partial charge in [-0.05, 0) is 0 Å². The predicted octanol–water partition coefficient (Wildman–Crippen LogP) is -1.23. The first-order chi connectivity index (χ1) is 8.22. The molecule has 1 saturated heterocycles. The van der Waals surface area contributed by atoms with Gasteiger partial charge in [0.2, 0.25) is 0 Å². The summed E-state index contributed by atoms with van der Waals surface area (Å²) in [5.41, 5.74) is -1.71. The second-order valence-corrected chi connectivity index (χ2v) is 3.70. The molecule has 0 bridgehead atoms. The second-order valence-electron chi connectivity index (χ2n) is 3.70. The molecular formula is C8H8N4O5. The highest BCUT2D eigenvalue weighted by Crippen LogP contribution is 2.40. The van der Waals surface area contributed by atoms with E-state index in [9.17, 15) is 10.2 Å². The molecule has 0 saturated carbocycles. The number of hydrogen-bond donors (Lipinski definition) is 2. The molecule has 3 rings (SSSR count). The lowest BCUT2D eigenvalue weighted by Gasteiger charge is -2.21. The summed E-state index contributed by atoms with van der Waals surface area (Å²) in [6.07, 6.45) is 0.373. The maximum absolute atomic E-state index is 10.3. The average molecular weight is 240 g/mol. The first-order valence-corrected chi connectivity index (χ1v) is 4.79. The van der Waals surface area contributed by atoms with E-state index in [1.807, 2.05) is 0 Å². The molecule has 0 aliphatic carbocycles. The first-order valence-electron chi connectivity index (χ1n) is 4.79. The van der Waals surface area contributed by atoms with Crippen molar-refractivity contribution in [2.45, 2.75) is 17.8 Å². The number of aliphatic hydroxyl groups is 2. The van der Waals surface area contributed by atoms with E-state index in [0.29, 0.717) is 0 Å². The number of ether oxygens (including phenoxy) is 1. The molecule has 90 valence electrons. The molecule has 3 heterocycles. The Balaban J connectivity index is 1.92. The molecule has 0 amide bonds. The molecule has 3 atom stereocenters. The summed E-state index contributed by atoms with van der Waals surface area (Å²) in [5, 5.41) is 33.7. The fourth-order valence-electron chi connectivity index (χ4n) is 1.76. The fourth-order valence-corrected chi connectivity index (χ4v) is 1.76. The minimum Gasteiger partial charge on any atom is -0.386 e. The van der Waals surface area contributed by atoms with Crippen molar-refractivity contribution in [3.8, 4) is 0 Å². The van der Waals surface area contributed by atoms with Crippen molar-refractivity contribution in [1.29, 1.82) is 0 Å². The van der Waals surface area contributed by atoms with Crippen molar-refractivity contribution < 1.29 is 24.0 Å². The lowest BCUT2D eigenvalue weighted by atomic mass is 9.93. The Labute approximate surface area is 94.0 Å². The van der Waals surface area contributed by atoms with Crippen LogP contribution in [0, 0.1) is 0 Å². The Kier molecular flexibility index (Phi) is 2.18. The summed E-state index contributed by atoms with van der Waals surface area (Å²) in [6.45, 7) is -0.170. The minimum absolute atomic E-state index is 0.0278. The Morgan fingerprint density at radius 3 is 2.65 bits per heavy atom. The van der Waals surface area contributed by atoms with Crippen molar-refractivity contribution in [2.75, 3.05) is 6.61 Å². The Morgan fingerprint density at radius 2 is 2.00 bits per heavy atom. The standard InChI is InChI=1S/C8H8N4O5/c13-7-6(4-1-9-11-16-4)15-3-8(7,14)5-2-10-12-17-5/h1-2,6-7,13-14H,3H2. The highest BCUT2D eigenvalue weighted by molar-refractivity contribution is 5.14. The molecule has 3 unspecified atom stereocenters. The highest BCUT2D eigenvalue weighted by Gasteiger charge is 2.53. The molecule has 0 radical (unpaired) electrons. The van der Waals surface area contributed by atoms with Crippen LogP contribution < -0.4 is 0 Å². The summed E-state index contributed by atoms with van der Waals surface area (Å²) >= 11 is 0. The van der Waals surface area contributed by atoms with Gasteiger partial charge in [-0.25, -0.2) is 0 Å². The Bertz CT molecular complexity index is 486. The predicted molar refractivity (Wildman–Crippen MR) is 47.2 cm³/mol. The van der Waals surface area contributed by atoms with Gasteiger partial charge in [0.15, 0.2) is 17.1 Å². The third-order valence-electron chi connectivity index (χ3n) is 2.71. The number of aromatic nitrogens is 4. The van der Waals surface area contributed by atoms with Crippen molar-refractivity contribution in [1.82, 2.24) is 20.7 Å². The molecule has 9 heteroatoms. The molecule has 17 heavy (non-hydrogen) atoms. The molecule has 1 aliphatic heterocycles. The van der Waals surface area contributed by atoms with Gasteiger partial charge in [-0.15, -0.1) is 10.2 Å². The zero-order valence-corrected chi connectivity index (χ0v) is 8.42. The van der Waals surface area contributed by atoms with Gasteiger partial charge in [0.05, 0.1) is 19.0 Å². The van der Waals surface area contributed by atoms with Gasteiger partial charge < -0.3 is 24.0 Å². The van der Waals surface area contributed by atoms with E-state index in [1.54, 1.807) is 0 Å². The number of nitrogens with zero attached hydrogens (tertiary/aromatic N) is 4. The molecule has 1 aliphatic rings. The van der Waals surface area contributed by atoms with Crippen molar-refractivity contribution >= 4 is 0 Å². The minimum atomic E-state index is -1.71. The van der Waals surface area contributed by atoms with Crippen LogP contribution in [0.3, 0.4) is 0 Å². The molecule has 2 aromatic heterocycles. The molecule has 2 aromatic rings. The molecule has 0 aromatic carbocycles. The van der Waals surface area contributed by atoms with Gasteiger partial charge in [0, 0.05) is 10.5 Å². The molecule has 0 spiro atoms. The van der Waals surface area contributed by atoms with Gasteiger partial charge in [0.25, 0.3) is 0 Å². The van der Waals surface area contributed by atoms with Gasteiger partial charge in [-0.1, -0.05) is 0 Å². The van der Waals surface area contributed by atoms with Crippen LogP contribution >= 0.6 is 0 Å². The molecular weight excluding hydrogens is 232 g/mol. The van der Waals surface area contributed by atoms with Gasteiger partial charge >= 0.3 is 0 Å². The molecule has 2 N–H and O–H groups in total. The topological polar surface area (TPSA) is 128 Å². The van der Waals surface area contributed by atoms with Crippen LogP contribution in [0.25, 0.3) is 0 Å². The second kappa shape index (κ2) is 3.58. The van der Waals surface area contributed by atoms with Gasteiger partial charge in [0.1, 0.15) is 12.2 Å². The van der Waals surface area contributed by atoms with Gasteiger partial charge in [-0.3, -0.25) is 0 Å². The summed E-state index contributed by atoms with van der Waals surface area (Å²) < 4.78 is 14.8. The van der Waals surface area contributed by atoms with E-state index >= 15 is 0 Å². The van der Waals surface area contributed by atoms with E-state index in [4.69, 9.17) is 13.8 Å². The van der Waals surface area contributed by atoms with E-state index < -0.39 is 17.8 Å². The number of hydrogen-bond acceptors (Lipinski definition) is 9. The van der Waals surface area contributed by atoms with Crippen LogP contribution in [0.15, 0.2) is 21.4 Å². The largest absolute Gasteiger partial charge is 0.386 e. The first kappa shape index (κ1) is 10.3. The average Bonchev–Trinajstić information content (AvgIpc) is 3.02. The van der Waals surface area contributed by atoms with Crippen LogP contribution in [0.2, 0.25) is 0 Å².